The van der Waals surface area contributed by atoms with E-state index in [1.807, 2.05) is 19.0 Å². The molecule has 0 saturated heterocycles. The maximum atomic E-state index is 13.1. The molecule has 2 rings (SSSR count). The molecule has 0 aliphatic carbocycles. The molecule has 1 aromatic carbocycles. The number of hydrogen-bond acceptors (Lipinski definition) is 4. The van der Waals surface area contributed by atoms with Crippen LogP contribution in [-0.4, -0.2) is 48.3 Å². The molecule has 1 unspecified atom stereocenters. The third kappa shape index (κ3) is 5.50. The number of hydrogen-bond donors (Lipinski definition) is 1. The highest BCUT2D eigenvalue weighted by molar-refractivity contribution is 6.11. The van der Waals surface area contributed by atoms with Crippen molar-refractivity contribution in [3.8, 4) is 0 Å². The zero-order valence-electron chi connectivity index (χ0n) is 14.5. The molecule has 6 nitrogen and oxygen atoms in total. The quantitative estimate of drug-likeness (QED) is 0.583. The molecule has 140 valence electrons. The molecular formula is C18H21ClFN3O3. The van der Waals surface area contributed by atoms with E-state index >= 15 is 0 Å². The highest BCUT2D eigenvalue weighted by Crippen LogP contribution is 2.14. The zero-order valence-corrected chi connectivity index (χ0v) is 15.3. The first-order valence-electron chi connectivity index (χ1n) is 7.79. The van der Waals surface area contributed by atoms with E-state index in [0.717, 1.165) is 16.7 Å². The van der Waals surface area contributed by atoms with Crippen LogP contribution < -0.4 is 10.9 Å². The Morgan fingerprint density at radius 1 is 1.15 bits per heavy atom. The summed E-state index contributed by atoms with van der Waals surface area (Å²) in [6.07, 6.45) is 1.39. The van der Waals surface area contributed by atoms with Crippen molar-refractivity contribution < 1.29 is 14.0 Å². The molecular weight excluding hydrogens is 361 g/mol. The summed E-state index contributed by atoms with van der Waals surface area (Å²) >= 11 is 0. The van der Waals surface area contributed by atoms with E-state index in [-0.39, 0.29) is 18.0 Å². The van der Waals surface area contributed by atoms with E-state index < -0.39 is 29.1 Å². The lowest BCUT2D eigenvalue weighted by Gasteiger charge is -2.19. The molecule has 1 amide bonds. The lowest BCUT2D eigenvalue weighted by molar-refractivity contribution is -0.123. The van der Waals surface area contributed by atoms with Gasteiger partial charge in [-0.3, -0.25) is 19.0 Å². The average molecular weight is 382 g/mol. The minimum absolute atomic E-state index is 0. The smallest absolute Gasteiger partial charge is 0.251 e. The summed E-state index contributed by atoms with van der Waals surface area (Å²) in [6.45, 7) is 0.924. The minimum Gasteiger partial charge on any atom is -0.353 e. The van der Waals surface area contributed by atoms with Gasteiger partial charge in [0.1, 0.15) is 5.82 Å². The van der Waals surface area contributed by atoms with Crippen molar-refractivity contribution in [2.24, 2.45) is 0 Å². The molecule has 26 heavy (non-hydrogen) atoms. The number of amides is 1. The van der Waals surface area contributed by atoms with Crippen LogP contribution in [0.1, 0.15) is 16.4 Å². The van der Waals surface area contributed by atoms with Crippen LogP contribution in [0.25, 0.3) is 0 Å². The normalized spacial score (nSPS) is 11.5. The van der Waals surface area contributed by atoms with Crippen molar-refractivity contribution in [1.29, 1.82) is 0 Å². The number of Topliss-reactive ketones (excluding diaryl/α,β-unsaturated/α-hetero) is 1. The summed E-state index contributed by atoms with van der Waals surface area (Å²) in [5.41, 5.74) is -0.310. The Kier molecular flexibility index (Phi) is 8.15. The third-order valence-electron chi connectivity index (χ3n) is 3.61. The maximum absolute atomic E-state index is 13.1. The average Bonchev–Trinajstić information content (AvgIpc) is 2.57. The second-order valence-corrected chi connectivity index (χ2v) is 5.81. The largest absolute Gasteiger partial charge is 0.353 e. The predicted octanol–water partition coefficient (Wildman–Crippen LogP) is 1.51. The number of nitrogens with zero attached hydrogens (tertiary/aromatic N) is 2. The minimum atomic E-state index is -1.35. The Morgan fingerprint density at radius 2 is 1.81 bits per heavy atom. The molecule has 0 spiro atoms. The van der Waals surface area contributed by atoms with Crippen molar-refractivity contribution >= 4 is 24.1 Å². The summed E-state index contributed by atoms with van der Waals surface area (Å²) in [5, 5.41) is 2.67. The summed E-state index contributed by atoms with van der Waals surface area (Å²) < 4.78 is 14.2. The molecule has 0 fully saturated rings. The van der Waals surface area contributed by atoms with E-state index in [9.17, 15) is 18.8 Å². The monoisotopic (exact) mass is 381 g/mol. The van der Waals surface area contributed by atoms with Crippen LogP contribution >= 0.6 is 12.4 Å². The first-order valence-corrected chi connectivity index (χ1v) is 7.79. The Bertz CT molecular complexity index is 806. The topological polar surface area (TPSA) is 71.4 Å². The molecule has 1 atom stereocenters. The standard InChI is InChI=1S/C18H20FN3O3.ClH/c1-21(2)12-10-20-18(25)16(22-11-4-3-5-15(22)23)17(24)13-6-8-14(19)9-7-13;/h3-9,11,16H,10,12H2,1-2H3,(H,20,25);1H. The lowest BCUT2D eigenvalue weighted by Crippen LogP contribution is -2.43. The molecule has 0 aliphatic heterocycles. The van der Waals surface area contributed by atoms with Gasteiger partial charge in [-0.15, -0.1) is 12.4 Å². The van der Waals surface area contributed by atoms with Crippen LogP contribution in [0.15, 0.2) is 53.5 Å². The maximum Gasteiger partial charge on any atom is 0.251 e. The third-order valence-corrected chi connectivity index (χ3v) is 3.61. The fraction of sp³-hybridized carbons (Fsp3) is 0.278. The predicted molar refractivity (Wildman–Crippen MR) is 99.3 cm³/mol. The Hall–Kier alpha value is -2.51. The second-order valence-electron chi connectivity index (χ2n) is 5.81. The summed E-state index contributed by atoms with van der Waals surface area (Å²) in [7, 11) is 3.71. The Labute approximate surface area is 157 Å². The van der Waals surface area contributed by atoms with Crippen LogP contribution in [0.3, 0.4) is 0 Å². The van der Waals surface area contributed by atoms with Gasteiger partial charge >= 0.3 is 0 Å². The van der Waals surface area contributed by atoms with Crippen LogP contribution in [0, 0.1) is 5.82 Å². The van der Waals surface area contributed by atoms with E-state index in [1.54, 1.807) is 6.07 Å². The van der Waals surface area contributed by atoms with Gasteiger partial charge in [-0.05, 0) is 44.4 Å². The first-order chi connectivity index (χ1) is 11.9. The highest BCUT2D eigenvalue weighted by atomic mass is 35.5. The van der Waals surface area contributed by atoms with Gasteiger partial charge in [0, 0.05) is 30.9 Å². The lowest BCUT2D eigenvalue weighted by atomic mass is 10.0. The number of halogens is 2. The molecule has 8 heteroatoms. The highest BCUT2D eigenvalue weighted by Gasteiger charge is 2.29. The van der Waals surface area contributed by atoms with Gasteiger partial charge in [0.15, 0.2) is 11.8 Å². The van der Waals surface area contributed by atoms with E-state index in [0.29, 0.717) is 13.1 Å². The fourth-order valence-corrected chi connectivity index (χ4v) is 2.30. The summed E-state index contributed by atoms with van der Waals surface area (Å²) in [5.74, 6) is -1.64. The Balaban J connectivity index is 0.00000338. The molecule has 0 bridgehead atoms. The van der Waals surface area contributed by atoms with Crippen molar-refractivity contribution in [1.82, 2.24) is 14.8 Å². The van der Waals surface area contributed by atoms with Crippen LogP contribution in [0.2, 0.25) is 0 Å². The number of ketones is 1. The van der Waals surface area contributed by atoms with Crippen molar-refractivity contribution in [3.05, 3.63) is 70.4 Å². The number of rotatable bonds is 7. The van der Waals surface area contributed by atoms with Gasteiger partial charge in [0.05, 0.1) is 0 Å². The number of likely N-dealkylation sites (N-methyl/N-ethyl adjacent to an activating group) is 1. The molecule has 1 N–H and O–H groups in total. The molecule has 0 aliphatic rings. The van der Waals surface area contributed by atoms with Crippen LogP contribution in [-0.2, 0) is 4.79 Å². The van der Waals surface area contributed by atoms with Crippen molar-refractivity contribution in [3.63, 3.8) is 0 Å². The van der Waals surface area contributed by atoms with Gasteiger partial charge in [0.25, 0.3) is 11.5 Å². The van der Waals surface area contributed by atoms with E-state index in [2.05, 4.69) is 5.32 Å². The van der Waals surface area contributed by atoms with E-state index in [4.69, 9.17) is 0 Å². The second kappa shape index (κ2) is 9.84. The Morgan fingerprint density at radius 3 is 2.38 bits per heavy atom. The zero-order chi connectivity index (χ0) is 18.4. The van der Waals surface area contributed by atoms with Crippen LogP contribution in [0.4, 0.5) is 4.39 Å². The summed E-state index contributed by atoms with van der Waals surface area (Å²) in [4.78, 5) is 39.3. The number of aromatic nitrogens is 1. The number of pyridine rings is 1. The number of carbonyl (C=O) groups excluding carboxylic acids is 2. The molecule has 2 aromatic rings. The molecule has 0 radical (unpaired) electrons. The fourth-order valence-electron chi connectivity index (χ4n) is 2.30. The first kappa shape index (κ1) is 21.5. The number of benzene rings is 1. The van der Waals surface area contributed by atoms with Gasteiger partial charge in [-0.1, -0.05) is 6.07 Å². The van der Waals surface area contributed by atoms with E-state index in [1.165, 1.54) is 30.5 Å². The number of carbonyl (C=O) groups is 2. The van der Waals surface area contributed by atoms with Gasteiger partial charge in [-0.25, -0.2) is 4.39 Å². The van der Waals surface area contributed by atoms with Crippen molar-refractivity contribution in [2.75, 3.05) is 27.2 Å². The van der Waals surface area contributed by atoms with Gasteiger partial charge < -0.3 is 10.2 Å². The van der Waals surface area contributed by atoms with Crippen molar-refractivity contribution in [2.45, 2.75) is 6.04 Å². The molecule has 0 saturated carbocycles. The van der Waals surface area contributed by atoms with Crippen LogP contribution in [0.5, 0.6) is 0 Å². The molecule has 1 aromatic heterocycles. The molecule has 1 heterocycles. The number of nitrogens with one attached hydrogen (secondary N) is 1. The SMILES string of the molecule is CN(C)CCNC(=O)C(C(=O)c1ccc(F)cc1)n1ccccc1=O.Cl. The summed E-state index contributed by atoms with van der Waals surface area (Å²) in [6, 6.07) is 7.91. The van der Waals surface area contributed by atoms with Gasteiger partial charge in [-0.2, -0.15) is 0 Å². The van der Waals surface area contributed by atoms with Gasteiger partial charge in [0.2, 0.25) is 0 Å².